The van der Waals surface area contributed by atoms with E-state index in [0.717, 1.165) is 42.2 Å². The largest absolute Gasteiger partial charge is 0.355 e. The number of amides is 1. The lowest BCUT2D eigenvalue weighted by atomic mass is 9.67. The van der Waals surface area contributed by atoms with Gasteiger partial charge in [-0.2, -0.15) is 0 Å². The molecule has 4 rings (SSSR count). The van der Waals surface area contributed by atoms with Gasteiger partial charge in [0.05, 0.1) is 16.1 Å². The molecule has 1 amide bonds. The summed E-state index contributed by atoms with van der Waals surface area (Å²) in [5.74, 6) is 0.770. The summed E-state index contributed by atoms with van der Waals surface area (Å²) in [6.07, 6.45) is 5.47. The third kappa shape index (κ3) is 3.30. The van der Waals surface area contributed by atoms with Gasteiger partial charge in [-0.1, -0.05) is 43.2 Å². The van der Waals surface area contributed by atoms with E-state index < -0.39 is 0 Å². The molecule has 0 radical (unpaired) electrons. The minimum absolute atomic E-state index is 0.160. The zero-order valence-corrected chi connectivity index (χ0v) is 16.2. The van der Waals surface area contributed by atoms with Gasteiger partial charge in [-0.3, -0.25) is 4.79 Å². The van der Waals surface area contributed by atoms with Gasteiger partial charge < -0.3 is 10.6 Å². The van der Waals surface area contributed by atoms with Crippen LogP contribution in [0.2, 0.25) is 0 Å². The maximum atomic E-state index is 12.9. The molecule has 1 aliphatic heterocycles. The van der Waals surface area contributed by atoms with Crippen molar-refractivity contribution < 1.29 is 4.79 Å². The van der Waals surface area contributed by atoms with Crippen molar-refractivity contribution in [1.29, 1.82) is 0 Å². The number of fused-ring (bicyclic) bond motifs is 1. The van der Waals surface area contributed by atoms with Crippen molar-refractivity contribution in [2.75, 3.05) is 19.6 Å². The number of hydrogen-bond acceptors (Lipinski definition) is 4. The summed E-state index contributed by atoms with van der Waals surface area (Å²) in [4.78, 5) is 19.0. The first kappa shape index (κ1) is 17.7. The summed E-state index contributed by atoms with van der Waals surface area (Å²) in [6, 6.07) is 10.3. The van der Waals surface area contributed by atoms with Crippen molar-refractivity contribution in [3.05, 3.63) is 40.2 Å². The van der Waals surface area contributed by atoms with E-state index in [4.69, 9.17) is 4.98 Å². The molecule has 2 atom stereocenters. The number of thiazole rings is 1. The maximum absolute atomic E-state index is 12.9. The summed E-state index contributed by atoms with van der Waals surface area (Å²) in [5.41, 5.74) is 2.08. The number of benzene rings is 1. The standard InChI is InChI=1S/C21H27N3OS/c1-15-19(16-7-3-2-4-8-16)24-18(26-15)10-12-23-20(25)21-11-6-5-9-17(21)13-22-14-21/h2-4,7-8,17,22H,5-6,9-14H2,1H3,(H,23,25)/t17-,21+/m0/s1. The molecule has 0 unspecified atom stereocenters. The zero-order chi connectivity index (χ0) is 18.0. The Morgan fingerprint density at radius 3 is 3.04 bits per heavy atom. The summed E-state index contributed by atoms with van der Waals surface area (Å²) in [5, 5.41) is 7.77. The van der Waals surface area contributed by atoms with Gasteiger partial charge in [0, 0.05) is 30.0 Å². The Kier molecular flexibility index (Phi) is 5.09. The molecule has 4 nitrogen and oxygen atoms in total. The van der Waals surface area contributed by atoms with Crippen molar-refractivity contribution in [3.8, 4) is 11.3 Å². The van der Waals surface area contributed by atoms with Crippen LogP contribution in [0.4, 0.5) is 0 Å². The topological polar surface area (TPSA) is 54.0 Å². The first-order chi connectivity index (χ1) is 12.7. The first-order valence-electron chi connectivity index (χ1n) is 9.70. The quantitative estimate of drug-likeness (QED) is 0.847. The van der Waals surface area contributed by atoms with E-state index in [0.29, 0.717) is 12.5 Å². The number of hydrogen-bond donors (Lipinski definition) is 2. The van der Waals surface area contributed by atoms with Gasteiger partial charge in [0.2, 0.25) is 5.91 Å². The average molecular weight is 370 g/mol. The molecule has 2 aromatic rings. The minimum atomic E-state index is -0.160. The van der Waals surface area contributed by atoms with Crippen molar-refractivity contribution in [3.63, 3.8) is 0 Å². The molecule has 2 N–H and O–H groups in total. The second-order valence-electron chi connectivity index (χ2n) is 7.61. The Bertz CT molecular complexity index is 773. The number of aryl methyl sites for hydroxylation is 1. The molecular weight excluding hydrogens is 342 g/mol. The van der Waals surface area contributed by atoms with Gasteiger partial charge in [0.1, 0.15) is 0 Å². The van der Waals surface area contributed by atoms with Gasteiger partial charge >= 0.3 is 0 Å². The monoisotopic (exact) mass is 369 g/mol. The predicted octanol–water partition coefficient (Wildman–Crippen LogP) is 3.56. The number of aromatic nitrogens is 1. The average Bonchev–Trinajstić information content (AvgIpc) is 3.26. The fraction of sp³-hybridized carbons (Fsp3) is 0.524. The van der Waals surface area contributed by atoms with Crippen LogP contribution < -0.4 is 10.6 Å². The second-order valence-corrected chi connectivity index (χ2v) is 8.90. The Balaban J connectivity index is 1.37. The molecule has 1 aromatic heterocycles. The molecule has 5 heteroatoms. The summed E-state index contributed by atoms with van der Waals surface area (Å²) in [6.45, 7) is 4.64. The molecule has 2 fully saturated rings. The van der Waals surface area contributed by atoms with Gasteiger partial charge in [0.25, 0.3) is 0 Å². The van der Waals surface area contributed by atoms with E-state index >= 15 is 0 Å². The molecule has 26 heavy (non-hydrogen) atoms. The molecule has 2 aliphatic rings. The Morgan fingerprint density at radius 2 is 2.19 bits per heavy atom. The van der Waals surface area contributed by atoms with Crippen molar-refractivity contribution >= 4 is 17.2 Å². The van der Waals surface area contributed by atoms with Gasteiger partial charge in [-0.15, -0.1) is 11.3 Å². The molecule has 138 valence electrons. The Labute approximate surface area is 159 Å². The van der Waals surface area contributed by atoms with Crippen molar-refractivity contribution in [1.82, 2.24) is 15.6 Å². The summed E-state index contributed by atoms with van der Waals surface area (Å²) in [7, 11) is 0. The van der Waals surface area contributed by atoms with Crippen LogP contribution in [0, 0.1) is 18.3 Å². The minimum Gasteiger partial charge on any atom is -0.355 e. The molecular formula is C21H27N3OS. The van der Waals surface area contributed by atoms with Crippen LogP contribution in [0.1, 0.15) is 35.6 Å². The molecule has 2 heterocycles. The Morgan fingerprint density at radius 1 is 1.35 bits per heavy atom. The number of nitrogens with zero attached hydrogens (tertiary/aromatic N) is 1. The predicted molar refractivity (Wildman–Crippen MR) is 106 cm³/mol. The van der Waals surface area contributed by atoms with Crippen molar-refractivity contribution in [2.24, 2.45) is 11.3 Å². The van der Waals surface area contributed by atoms with Crippen LogP contribution in [-0.4, -0.2) is 30.5 Å². The number of nitrogens with one attached hydrogen (secondary N) is 2. The summed E-state index contributed by atoms with van der Waals surface area (Å²) >= 11 is 1.74. The molecule has 1 aliphatic carbocycles. The number of rotatable bonds is 5. The van der Waals surface area contributed by atoms with Gasteiger partial charge in [0.15, 0.2) is 0 Å². The second kappa shape index (κ2) is 7.49. The highest BCUT2D eigenvalue weighted by Gasteiger charge is 2.49. The fourth-order valence-electron chi connectivity index (χ4n) is 4.57. The zero-order valence-electron chi connectivity index (χ0n) is 15.4. The number of carbonyl (C=O) groups is 1. The normalized spacial score (nSPS) is 25.0. The van der Waals surface area contributed by atoms with E-state index in [1.807, 2.05) is 18.2 Å². The molecule has 1 aromatic carbocycles. The third-order valence-electron chi connectivity index (χ3n) is 6.00. The fourth-order valence-corrected chi connectivity index (χ4v) is 5.53. The van der Waals surface area contributed by atoms with Gasteiger partial charge in [-0.05, 0) is 32.2 Å². The SMILES string of the molecule is Cc1sc(CCNC(=O)[C@@]23CCCC[C@H]2CNC3)nc1-c1ccccc1. The molecule has 1 saturated carbocycles. The Hall–Kier alpha value is -1.72. The number of carbonyl (C=O) groups excluding carboxylic acids is 1. The molecule has 0 spiro atoms. The maximum Gasteiger partial charge on any atom is 0.227 e. The molecule has 1 saturated heterocycles. The lowest BCUT2D eigenvalue weighted by Gasteiger charge is -2.37. The van der Waals surface area contributed by atoms with E-state index in [1.54, 1.807) is 11.3 Å². The van der Waals surface area contributed by atoms with Gasteiger partial charge in [-0.25, -0.2) is 4.98 Å². The highest BCUT2D eigenvalue weighted by Crippen LogP contribution is 2.43. The third-order valence-corrected chi connectivity index (χ3v) is 7.03. The van der Waals surface area contributed by atoms with Crippen LogP contribution in [-0.2, 0) is 11.2 Å². The van der Waals surface area contributed by atoms with Crippen LogP contribution in [0.3, 0.4) is 0 Å². The highest BCUT2D eigenvalue weighted by atomic mass is 32.1. The smallest absolute Gasteiger partial charge is 0.227 e. The first-order valence-corrected chi connectivity index (χ1v) is 10.5. The molecule has 0 bridgehead atoms. The van der Waals surface area contributed by atoms with E-state index in [1.165, 1.54) is 24.1 Å². The van der Waals surface area contributed by atoms with Crippen LogP contribution >= 0.6 is 11.3 Å². The van der Waals surface area contributed by atoms with E-state index in [2.05, 4.69) is 29.7 Å². The van der Waals surface area contributed by atoms with Crippen molar-refractivity contribution in [2.45, 2.75) is 39.0 Å². The summed E-state index contributed by atoms with van der Waals surface area (Å²) < 4.78 is 0. The van der Waals surface area contributed by atoms with Crippen LogP contribution in [0.25, 0.3) is 11.3 Å². The van der Waals surface area contributed by atoms with Crippen LogP contribution in [0.5, 0.6) is 0 Å². The van der Waals surface area contributed by atoms with Crippen LogP contribution in [0.15, 0.2) is 30.3 Å². The lowest BCUT2D eigenvalue weighted by Crippen LogP contribution is -2.48. The highest BCUT2D eigenvalue weighted by molar-refractivity contribution is 7.12. The van der Waals surface area contributed by atoms with E-state index in [9.17, 15) is 4.79 Å². The lowest BCUT2D eigenvalue weighted by molar-refractivity contribution is -0.133. The van der Waals surface area contributed by atoms with E-state index in [-0.39, 0.29) is 11.3 Å².